The van der Waals surface area contributed by atoms with E-state index < -0.39 is 23.6 Å². The van der Waals surface area contributed by atoms with Crippen molar-refractivity contribution in [2.45, 2.75) is 38.8 Å². The second-order valence-corrected chi connectivity index (χ2v) is 7.93. The summed E-state index contributed by atoms with van der Waals surface area (Å²) in [5.74, 6) is -0.685. The molecule has 7 heteroatoms. The van der Waals surface area contributed by atoms with Gasteiger partial charge in [-0.05, 0) is 54.7 Å². The van der Waals surface area contributed by atoms with Crippen LogP contribution in [-0.4, -0.2) is 29.8 Å². The number of rotatable bonds is 4. The zero-order valence-corrected chi connectivity index (χ0v) is 17.0. The molecule has 1 unspecified atom stereocenters. The van der Waals surface area contributed by atoms with Gasteiger partial charge in [0.1, 0.15) is 0 Å². The van der Waals surface area contributed by atoms with Crippen molar-refractivity contribution in [2.24, 2.45) is 5.92 Å². The summed E-state index contributed by atoms with van der Waals surface area (Å²) >= 11 is 0. The minimum Gasteiger partial charge on any atom is -0.338 e. The molecule has 3 rings (SSSR count). The summed E-state index contributed by atoms with van der Waals surface area (Å²) < 4.78 is 38.8. The molecule has 2 aromatic carbocycles. The number of hydrogen-bond donors (Lipinski definition) is 1. The SMILES string of the molecule is CC(C)c1ccc(NC(=O)C2CCCN(C(=O)c3cccc(C(F)(F)F)c3)C2)cc1. The van der Waals surface area contributed by atoms with Crippen molar-refractivity contribution in [3.63, 3.8) is 0 Å². The minimum atomic E-state index is -4.51. The Bertz CT molecular complexity index is 907. The Morgan fingerprint density at radius 3 is 2.43 bits per heavy atom. The maximum atomic E-state index is 12.9. The summed E-state index contributed by atoms with van der Waals surface area (Å²) in [4.78, 5) is 26.9. The van der Waals surface area contributed by atoms with Crippen molar-refractivity contribution in [3.8, 4) is 0 Å². The number of alkyl halides is 3. The summed E-state index contributed by atoms with van der Waals surface area (Å²) in [7, 11) is 0. The lowest BCUT2D eigenvalue weighted by Crippen LogP contribution is -2.43. The van der Waals surface area contributed by atoms with Crippen LogP contribution in [0.1, 0.15) is 54.1 Å². The Kier molecular flexibility index (Phi) is 6.48. The highest BCUT2D eigenvalue weighted by molar-refractivity contribution is 5.96. The fraction of sp³-hybridized carbons (Fsp3) is 0.391. The first-order valence-electron chi connectivity index (χ1n) is 10.0. The summed E-state index contributed by atoms with van der Waals surface area (Å²) in [6.07, 6.45) is -3.26. The first kappa shape index (κ1) is 21.9. The lowest BCUT2D eigenvalue weighted by Gasteiger charge is -2.32. The topological polar surface area (TPSA) is 49.4 Å². The van der Waals surface area contributed by atoms with Crippen LogP contribution in [0.4, 0.5) is 18.9 Å². The molecule has 1 aliphatic rings. The van der Waals surface area contributed by atoms with E-state index in [4.69, 9.17) is 0 Å². The molecule has 0 aliphatic carbocycles. The quantitative estimate of drug-likeness (QED) is 0.731. The van der Waals surface area contributed by atoms with Gasteiger partial charge in [-0.3, -0.25) is 9.59 Å². The molecule has 0 spiro atoms. The second kappa shape index (κ2) is 8.90. The Hall–Kier alpha value is -2.83. The third-order valence-corrected chi connectivity index (χ3v) is 5.36. The molecule has 1 N–H and O–H groups in total. The highest BCUT2D eigenvalue weighted by Crippen LogP contribution is 2.30. The van der Waals surface area contributed by atoms with Crippen LogP contribution in [0.3, 0.4) is 0 Å². The van der Waals surface area contributed by atoms with Crippen molar-refractivity contribution in [3.05, 3.63) is 65.2 Å². The Labute approximate surface area is 174 Å². The van der Waals surface area contributed by atoms with Crippen LogP contribution in [0.2, 0.25) is 0 Å². The Morgan fingerprint density at radius 1 is 1.10 bits per heavy atom. The summed E-state index contributed by atoms with van der Waals surface area (Å²) in [5, 5.41) is 2.88. The van der Waals surface area contributed by atoms with Gasteiger partial charge in [0.05, 0.1) is 11.5 Å². The summed E-state index contributed by atoms with van der Waals surface area (Å²) in [6.45, 7) is 4.78. The van der Waals surface area contributed by atoms with Crippen molar-refractivity contribution in [1.29, 1.82) is 0 Å². The molecule has 160 valence electrons. The minimum absolute atomic E-state index is 0.0184. The van der Waals surface area contributed by atoms with Gasteiger partial charge in [-0.25, -0.2) is 0 Å². The van der Waals surface area contributed by atoms with Crippen LogP contribution in [0, 0.1) is 5.92 Å². The van der Waals surface area contributed by atoms with E-state index in [1.165, 1.54) is 22.6 Å². The van der Waals surface area contributed by atoms with Gasteiger partial charge in [-0.15, -0.1) is 0 Å². The molecule has 0 radical (unpaired) electrons. The van der Waals surface area contributed by atoms with E-state index in [0.29, 0.717) is 31.0 Å². The van der Waals surface area contributed by atoms with Gasteiger partial charge in [-0.2, -0.15) is 13.2 Å². The van der Waals surface area contributed by atoms with E-state index >= 15 is 0 Å². The average molecular weight is 418 g/mol. The van der Waals surface area contributed by atoms with Gasteiger partial charge < -0.3 is 10.2 Å². The van der Waals surface area contributed by atoms with Crippen LogP contribution in [0.5, 0.6) is 0 Å². The van der Waals surface area contributed by atoms with Crippen LogP contribution >= 0.6 is 0 Å². The molecule has 2 amide bonds. The van der Waals surface area contributed by atoms with E-state index in [1.807, 2.05) is 24.3 Å². The van der Waals surface area contributed by atoms with Gasteiger partial charge in [0, 0.05) is 24.3 Å². The van der Waals surface area contributed by atoms with Gasteiger partial charge >= 0.3 is 6.18 Å². The maximum Gasteiger partial charge on any atom is 0.416 e. The monoisotopic (exact) mass is 418 g/mol. The Morgan fingerprint density at radius 2 is 1.80 bits per heavy atom. The number of amides is 2. The van der Waals surface area contributed by atoms with Gasteiger partial charge in [0.2, 0.25) is 5.91 Å². The van der Waals surface area contributed by atoms with E-state index in [9.17, 15) is 22.8 Å². The first-order valence-corrected chi connectivity index (χ1v) is 10.0. The number of likely N-dealkylation sites (tertiary alicyclic amines) is 1. The Balaban J connectivity index is 1.66. The van der Waals surface area contributed by atoms with E-state index in [-0.39, 0.29) is 18.0 Å². The van der Waals surface area contributed by atoms with Gasteiger partial charge in [0.15, 0.2) is 0 Å². The van der Waals surface area contributed by atoms with Gasteiger partial charge in [-0.1, -0.05) is 32.0 Å². The van der Waals surface area contributed by atoms with Crippen LogP contribution < -0.4 is 5.32 Å². The fourth-order valence-corrected chi connectivity index (χ4v) is 3.58. The number of hydrogen-bond acceptors (Lipinski definition) is 2. The second-order valence-electron chi connectivity index (χ2n) is 7.93. The molecule has 30 heavy (non-hydrogen) atoms. The number of piperidine rings is 1. The van der Waals surface area contributed by atoms with Crippen LogP contribution in [0.15, 0.2) is 48.5 Å². The number of halogens is 3. The molecular weight excluding hydrogens is 393 g/mol. The molecule has 1 saturated heterocycles. The highest BCUT2D eigenvalue weighted by Gasteiger charge is 2.33. The van der Waals surface area contributed by atoms with Gasteiger partial charge in [0.25, 0.3) is 5.91 Å². The molecule has 1 aliphatic heterocycles. The number of anilines is 1. The van der Waals surface area contributed by atoms with Crippen molar-refractivity contribution >= 4 is 17.5 Å². The lowest BCUT2D eigenvalue weighted by molar-refractivity contribution is -0.137. The van der Waals surface area contributed by atoms with E-state index in [2.05, 4.69) is 19.2 Å². The molecule has 0 aromatic heterocycles. The average Bonchev–Trinajstić information content (AvgIpc) is 2.73. The third kappa shape index (κ3) is 5.20. The van der Waals surface area contributed by atoms with Crippen molar-refractivity contribution < 1.29 is 22.8 Å². The summed E-state index contributed by atoms with van der Waals surface area (Å²) in [6, 6.07) is 12.0. The molecule has 4 nitrogen and oxygen atoms in total. The van der Waals surface area contributed by atoms with Crippen molar-refractivity contribution in [1.82, 2.24) is 4.90 Å². The molecule has 1 atom stereocenters. The molecule has 0 bridgehead atoms. The normalized spacial score (nSPS) is 17.1. The van der Waals surface area contributed by atoms with E-state index in [1.54, 1.807) is 0 Å². The van der Waals surface area contributed by atoms with Crippen LogP contribution in [-0.2, 0) is 11.0 Å². The van der Waals surface area contributed by atoms with Crippen LogP contribution in [0.25, 0.3) is 0 Å². The zero-order chi connectivity index (χ0) is 21.9. The molecular formula is C23H25F3N2O2. The molecule has 0 saturated carbocycles. The number of benzene rings is 2. The standard InChI is InChI=1S/C23H25F3N2O2/c1-15(2)16-8-10-20(11-9-16)27-21(29)18-6-4-12-28(14-18)22(30)17-5-3-7-19(13-17)23(24,25)26/h3,5,7-11,13,15,18H,4,6,12,14H2,1-2H3,(H,27,29). The van der Waals surface area contributed by atoms with Crippen molar-refractivity contribution in [2.75, 3.05) is 18.4 Å². The lowest BCUT2D eigenvalue weighted by atomic mass is 9.96. The molecule has 2 aromatic rings. The number of carbonyl (C=O) groups excluding carboxylic acids is 2. The highest BCUT2D eigenvalue weighted by atomic mass is 19.4. The van der Waals surface area contributed by atoms with E-state index in [0.717, 1.165) is 12.1 Å². The fourth-order valence-electron chi connectivity index (χ4n) is 3.58. The molecule has 1 fully saturated rings. The number of nitrogens with one attached hydrogen (secondary N) is 1. The molecule has 1 heterocycles. The smallest absolute Gasteiger partial charge is 0.338 e. The zero-order valence-electron chi connectivity index (χ0n) is 17.0. The number of nitrogens with zero attached hydrogens (tertiary/aromatic N) is 1. The number of carbonyl (C=O) groups is 2. The maximum absolute atomic E-state index is 12.9. The predicted octanol–water partition coefficient (Wildman–Crippen LogP) is 5.32. The predicted molar refractivity (Wildman–Crippen MR) is 109 cm³/mol. The third-order valence-electron chi connectivity index (χ3n) is 5.36. The largest absolute Gasteiger partial charge is 0.416 e. The first-order chi connectivity index (χ1) is 14.1. The summed E-state index contributed by atoms with van der Waals surface area (Å²) in [5.41, 5.74) is 0.980.